The summed E-state index contributed by atoms with van der Waals surface area (Å²) >= 11 is 0. The van der Waals surface area contributed by atoms with Gasteiger partial charge in [-0.25, -0.2) is 0 Å². The highest BCUT2D eigenvalue weighted by Crippen LogP contribution is 2.31. The second kappa shape index (κ2) is 4.41. The lowest BCUT2D eigenvalue weighted by atomic mass is 9.98. The molecule has 6 nitrogen and oxygen atoms in total. The van der Waals surface area contributed by atoms with Crippen LogP contribution in [0.2, 0.25) is 0 Å². The van der Waals surface area contributed by atoms with Crippen molar-refractivity contribution >= 4 is 21.7 Å². The van der Waals surface area contributed by atoms with Crippen molar-refractivity contribution in [3.05, 3.63) is 23.8 Å². The molecular weight excluding hydrogens is 266 g/mol. The maximum Gasteiger partial charge on any atom is 0.344 e. The third kappa shape index (κ3) is 3.17. The molecule has 19 heavy (non-hydrogen) atoms. The highest BCUT2D eigenvalue weighted by molar-refractivity contribution is 7.91. The van der Waals surface area contributed by atoms with E-state index in [1.807, 2.05) is 20.8 Å². The first-order chi connectivity index (χ1) is 8.68. The predicted molar refractivity (Wildman–Crippen MR) is 72.6 cm³/mol. The second-order valence-electron chi connectivity index (χ2n) is 5.52. The van der Waals surface area contributed by atoms with Crippen LogP contribution in [0.1, 0.15) is 26.3 Å². The van der Waals surface area contributed by atoms with Crippen molar-refractivity contribution in [2.45, 2.75) is 20.8 Å². The Bertz CT molecular complexity index is 630. The van der Waals surface area contributed by atoms with Gasteiger partial charge in [0.25, 0.3) is 0 Å². The van der Waals surface area contributed by atoms with Gasteiger partial charge in [-0.3, -0.25) is 4.72 Å². The maximum atomic E-state index is 11.4. The van der Waals surface area contributed by atoms with Crippen molar-refractivity contribution in [3.8, 4) is 5.75 Å². The molecule has 0 spiro atoms. The summed E-state index contributed by atoms with van der Waals surface area (Å²) in [6.07, 6.45) is 0. The van der Waals surface area contributed by atoms with E-state index < -0.39 is 16.0 Å². The first-order valence-electron chi connectivity index (χ1n) is 5.76. The van der Waals surface area contributed by atoms with Gasteiger partial charge in [-0.1, -0.05) is 26.8 Å². The van der Waals surface area contributed by atoms with Crippen molar-refractivity contribution in [2.75, 3.05) is 11.3 Å². The van der Waals surface area contributed by atoms with E-state index in [-0.39, 0.29) is 16.7 Å². The van der Waals surface area contributed by atoms with Gasteiger partial charge < -0.3 is 4.74 Å². The first kappa shape index (κ1) is 13.7. The highest BCUT2D eigenvalue weighted by Gasteiger charge is 2.26. The molecular formula is C12H15N3O3S. The molecule has 102 valence electrons. The van der Waals surface area contributed by atoms with Gasteiger partial charge in [0, 0.05) is 0 Å². The van der Waals surface area contributed by atoms with Crippen LogP contribution < -0.4 is 15.2 Å². The number of rotatable bonds is 2. The number of nitrogens with one attached hydrogen (secondary N) is 1. The Hall–Kier alpha value is -1.76. The first-order valence-corrected chi connectivity index (χ1v) is 7.20. The molecule has 1 N–H and O–H groups in total. The summed E-state index contributed by atoms with van der Waals surface area (Å²) in [4.78, 5) is 0. The third-order valence-electron chi connectivity index (χ3n) is 2.36. The van der Waals surface area contributed by atoms with Gasteiger partial charge in [-0.05, 0) is 17.5 Å². The second-order valence-corrected chi connectivity index (χ2v) is 6.86. The summed E-state index contributed by atoms with van der Waals surface area (Å²) in [7, 11) is -3.87. The largest absolute Gasteiger partial charge is 0.492 e. The predicted octanol–water partition coefficient (Wildman–Crippen LogP) is 1.60. The van der Waals surface area contributed by atoms with Crippen LogP contribution in [0.3, 0.4) is 0 Å². The van der Waals surface area contributed by atoms with E-state index in [9.17, 15) is 14.2 Å². The lowest BCUT2D eigenvalue weighted by molar-refractivity contribution is 0.197. The Kier molecular flexibility index (Phi) is 3.17. The molecule has 0 atom stereocenters. The molecule has 1 aliphatic rings. The lowest BCUT2D eigenvalue weighted by Crippen LogP contribution is -2.24. The summed E-state index contributed by atoms with van der Waals surface area (Å²) in [5.41, 5.74) is 10.2. The van der Waals surface area contributed by atoms with E-state index in [0.717, 1.165) is 0 Å². The number of amidine groups is 1. The van der Waals surface area contributed by atoms with E-state index in [1.165, 1.54) is 0 Å². The normalized spacial score (nSPS) is 17.1. The van der Waals surface area contributed by atoms with Crippen molar-refractivity contribution in [2.24, 2.45) is 9.81 Å². The molecule has 1 heterocycles. The van der Waals surface area contributed by atoms with Crippen LogP contribution in [0.25, 0.3) is 0 Å². The molecule has 1 aliphatic heterocycles. The molecule has 0 aromatic heterocycles. The number of ether oxygens (including phenoxy) is 1. The van der Waals surface area contributed by atoms with Crippen LogP contribution in [0, 0.1) is 5.41 Å². The number of hydrogen-bond acceptors (Lipinski definition) is 3. The molecule has 0 amide bonds. The van der Waals surface area contributed by atoms with E-state index in [4.69, 9.17) is 4.74 Å². The number of hydrogen-bond donors (Lipinski definition) is 1. The molecule has 0 aliphatic carbocycles. The molecule has 7 heteroatoms. The fraction of sp³-hybridized carbons (Fsp3) is 0.417. The smallest absolute Gasteiger partial charge is 0.344 e. The minimum atomic E-state index is -3.87. The average molecular weight is 281 g/mol. The summed E-state index contributed by atoms with van der Waals surface area (Å²) < 4.78 is 33.8. The average Bonchev–Trinajstić information content (AvgIpc) is 2.22. The maximum absolute atomic E-state index is 11.4. The Morgan fingerprint density at radius 3 is 2.68 bits per heavy atom. The SMILES string of the molecule is CC(C)(C)COc1cccc2c1C([N])=NS(=O)(=O)N2. The summed E-state index contributed by atoms with van der Waals surface area (Å²) in [6.45, 7) is 6.47. The molecule has 2 radical (unpaired) electrons. The van der Waals surface area contributed by atoms with Crippen LogP contribution in [-0.4, -0.2) is 20.9 Å². The Morgan fingerprint density at radius 2 is 2.05 bits per heavy atom. The van der Waals surface area contributed by atoms with Gasteiger partial charge in [0.1, 0.15) is 5.75 Å². The van der Waals surface area contributed by atoms with E-state index in [0.29, 0.717) is 12.4 Å². The summed E-state index contributed by atoms with van der Waals surface area (Å²) in [6, 6.07) is 4.86. The van der Waals surface area contributed by atoms with Gasteiger partial charge in [0.05, 0.1) is 17.9 Å². The van der Waals surface area contributed by atoms with Crippen molar-refractivity contribution in [3.63, 3.8) is 0 Å². The Labute approximate surface area is 112 Å². The van der Waals surface area contributed by atoms with Gasteiger partial charge in [-0.2, -0.15) is 8.42 Å². The zero-order chi connectivity index (χ0) is 14.3. The Balaban J connectivity index is 2.40. The van der Waals surface area contributed by atoms with Gasteiger partial charge >= 0.3 is 10.2 Å². The van der Waals surface area contributed by atoms with Crippen LogP contribution in [0.5, 0.6) is 5.75 Å². The molecule has 1 aromatic rings. The van der Waals surface area contributed by atoms with Crippen LogP contribution in [-0.2, 0) is 10.2 Å². The standard InChI is InChI=1S/C12H15N3O3S/c1-12(2,3)7-18-9-6-4-5-8-10(9)11(13)15-19(16,17)14-8/h4-6,14H,7H2,1-3H3. The van der Waals surface area contributed by atoms with Crippen molar-refractivity contribution < 1.29 is 13.2 Å². The topological polar surface area (TPSA) is 90.1 Å². The quantitative estimate of drug-likeness (QED) is 0.892. The van der Waals surface area contributed by atoms with E-state index in [1.54, 1.807) is 18.2 Å². The highest BCUT2D eigenvalue weighted by atomic mass is 32.2. The number of nitrogens with zero attached hydrogens (tertiary/aromatic N) is 2. The zero-order valence-electron chi connectivity index (χ0n) is 11.0. The third-order valence-corrected chi connectivity index (χ3v) is 3.25. The van der Waals surface area contributed by atoms with Crippen molar-refractivity contribution in [1.29, 1.82) is 0 Å². The number of anilines is 1. The minimum Gasteiger partial charge on any atom is -0.492 e. The molecule has 0 unspecified atom stereocenters. The number of fused-ring (bicyclic) bond motifs is 1. The molecule has 0 bridgehead atoms. The molecule has 0 saturated heterocycles. The van der Waals surface area contributed by atoms with Crippen LogP contribution in [0.15, 0.2) is 22.6 Å². The van der Waals surface area contributed by atoms with Gasteiger partial charge in [-0.15, -0.1) is 10.1 Å². The van der Waals surface area contributed by atoms with Gasteiger partial charge in [0.2, 0.25) is 5.84 Å². The van der Waals surface area contributed by atoms with Crippen LogP contribution >= 0.6 is 0 Å². The molecule has 2 rings (SSSR count). The fourth-order valence-corrected chi connectivity index (χ4v) is 2.40. The van der Waals surface area contributed by atoms with E-state index in [2.05, 4.69) is 9.12 Å². The monoisotopic (exact) mass is 281 g/mol. The van der Waals surface area contributed by atoms with Crippen molar-refractivity contribution in [1.82, 2.24) is 5.73 Å². The summed E-state index contributed by atoms with van der Waals surface area (Å²) in [5, 5.41) is 0. The Morgan fingerprint density at radius 1 is 1.37 bits per heavy atom. The number of benzene rings is 1. The van der Waals surface area contributed by atoms with E-state index >= 15 is 0 Å². The molecule has 0 fully saturated rings. The van der Waals surface area contributed by atoms with Crippen LogP contribution in [0.4, 0.5) is 5.69 Å². The zero-order valence-corrected chi connectivity index (χ0v) is 11.8. The fourth-order valence-electron chi connectivity index (χ4n) is 1.58. The molecule has 0 saturated carbocycles. The van der Waals surface area contributed by atoms with Gasteiger partial charge in [0.15, 0.2) is 0 Å². The lowest BCUT2D eigenvalue weighted by Gasteiger charge is -2.22. The summed E-state index contributed by atoms with van der Waals surface area (Å²) in [5.74, 6) is -0.158. The molecule has 1 aromatic carbocycles. The minimum absolute atomic E-state index is 0.0519.